The Morgan fingerprint density at radius 1 is 1.20 bits per heavy atom. The third-order valence-corrected chi connectivity index (χ3v) is 5.31. The van der Waals surface area contributed by atoms with Crippen LogP contribution in [0.1, 0.15) is 21.8 Å². The fraction of sp³-hybridized carbons (Fsp3) is 0.150. The van der Waals surface area contributed by atoms with Gasteiger partial charge in [0.25, 0.3) is 5.56 Å². The van der Waals surface area contributed by atoms with Crippen LogP contribution in [0.4, 0.5) is 5.82 Å². The van der Waals surface area contributed by atoms with Crippen LogP contribution in [0.25, 0.3) is 11.3 Å². The maximum atomic E-state index is 12.2. The van der Waals surface area contributed by atoms with Gasteiger partial charge in [-0.1, -0.05) is 16.8 Å². The number of carboxylic acid groups (broad SMARTS) is 1. The summed E-state index contributed by atoms with van der Waals surface area (Å²) < 4.78 is 3.50. The molecule has 1 fully saturated rings. The van der Waals surface area contributed by atoms with Crippen LogP contribution >= 0.6 is 0 Å². The lowest BCUT2D eigenvalue weighted by molar-refractivity contribution is -0.612. The van der Waals surface area contributed by atoms with Crippen LogP contribution in [0.15, 0.2) is 64.6 Å². The van der Waals surface area contributed by atoms with E-state index in [1.54, 1.807) is 23.0 Å². The van der Waals surface area contributed by atoms with E-state index in [2.05, 4.69) is 20.0 Å². The molecule has 4 heterocycles. The molecule has 10 nitrogen and oxygen atoms in total. The molecule has 30 heavy (non-hydrogen) atoms. The number of aromatic carboxylic acids is 1. The van der Waals surface area contributed by atoms with Crippen LogP contribution in [0.3, 0.4) is 0 Å². The summed E-state index contributed by atoms with van der Waals surface area (Å²) in [5.41, 5.74) is 0.985. The minimum Gasteiger partial charge on any atom is -0.478 e. The standard InChI is InChI=1S/C20H16N6O4/c27-18-15(9-21-20(30)22-18)16-8-17(25-6-1-7-26(25)23-16)24-10-14(11-24)12-2-4-13(5-3-12)19(28)29/h1-9,14H,10-11H2,(H2-,21,22,23,27,28,29,30)/p+1. The second-order valence-electron chi connectivity index (χ2n) is 7.16. The van der Waals surface area contributed by atoms with Crippen LogP contribution in [0.2, 0.25) is 0 Å². The maximum Gasteiger partial charge on any atom is 0.335 e. The molecule has 1 aromatic carbocycles. The van der Waals surface area contributed by atoms with Crippen LogP contribution in [0.5, 0.6) is 0 Å². The molecule has 0 bridgehead atoms. The lowest BCUT2D eigenvalue weighted by atomic mass is 9.91. The van der Waals surface area contributed by atoms with Gasteiger partial charge < -0.3 is 10.1 Å². The van der Waals surface area contributed by atoms with Crippen LogP contribution < -0.4 is 20.7 Å². The zero-order valence-corrected chi connectivity index (χ0v) is 15.6. The van der Waals surface area contributed by atoms with Gasteiger partial charge in [-0.3, -0.25) is 14.7 Å². The largest absolute Gasteiger partial charge is 0.478 e. The molecule has 150 valence electrons. The average Bonchev–Trinajstić information content (AvgIpc) is 3.16. The van der Waals surface area contributed by atoms with E-state index < -0.39 is 17.2 Å². The molecular weight excluding hydrogens is 388 g/mol. The third-order valence-electron chi connectivity index (χ3n) is 5.31. The van der Waals surface area contributed by atoms with Gasteiger partial charge in [0.05, 0.1) is 37.1 Å². The summed E-state index contributed by atoms with van der Waals surface area (Å²) in [5, 5.41) is 13.5. The first-order chi connectivity index (χ1) is 14.5. The number of nitrogens with one attached hydrogen (secondary N) is 2. The van der Waals surface area contributed by atoms with Gasteiger partial charge in [-0.2, -0.15) is 0 Å². The van der Waals surface area contributed by atoms with Crippen molar-refractivity contribution < 1.29 is 14.4 Å². The maximum absolute atomic E-state index is 12.2. The SMILES string of the molecule is O=C(O)c1ccc(C2CN(c3cc(-c4c[nH]c(=O)[nH]c4=O)nn4ccc[n+]34)C2)cc1. The molecule has 0 spiro atoms. The Bertz CT molecular complexity index is 1380. The summed E-state index contributed by atoms with van der Waals surface area (Å²) in [4.78, 5) is 41.4. The number of hydrogen-bond donors (Lipinski definition) is 3. The van der Waals surface area contributed by atoms with E-state index >= 15 is 0 Å². The zero-order valence-electron chi connectivity index (χ0n) is 15.6. The molecule has 10 heteroatoms. The number of nitrogens with zero attached hydrogens (tertiary/aromatic N) is 4. The van der Waals surface area contributed by atoms with E-state index in [-0.39, 0.29) is 17.0 Å². The van der Waals surface area contributed by atoms with Crippen LogP contribution in [-0.4, -0.2) is 43.9 Å². The number of aromatic nitrogens is 5. The topological polar surface area (TPSA) is 128 Å². The van der Waals surface area contributed by atoms with Crippen molar-refractivity contribution in [2.24, 2.45) is 0 Å². The van der Waals surface area contributed by atoms with Crippen molar-refractivity contribution in [3.63, 3.8) is 0 Å². The number of aromatic amines is 2. The Kier molecular flexibility index (Phi) is 3.98. The van der Waals surface area contributed by atoms with Gasteiger partial charge in [0.15, 0.2) is 5.69 Å². The van der Waals surface area contributed by atoms with E-state index in [4.69, 9.17) is 5.11 Å². The second kappa shape index (κ2) is 6.69. The molecule has 0 radical (unpaired) electrons. The Labute approximate surface area is 168 Å². The fourth-order valence-corrected chi connectivity index (χ4v) is 3.67. The fourth-order valence-electron chi connectivity index (χ4n) is 3.67. The quantitative estimate of drug-likeness (QED) is 0.418. The zero-order chi connectivity index (χ0) is 20.8. The van der Waals surface area contributed by atoms with Gasteiger partial charge in [-0.25, -0.2) is 9.59 Å². The number of carbonyl (C=O) groups is 1. The van der Waals surface area contributed by atoms with E-state index in [0.717, 1.165) is 24.5 Å². The predicted octanol–water partition coefficient (Wildman–Crippen LogP) is 0.265. The summed E-state index contributed by atoms with van der Waals surface area (Å²) in [5.74, 6) is 0.191. The summed E-state index contributed by atoms with van der Waals surface area (Å²) >= 11 is 0. The normalized spacial score (nSPS) is 14.1. The van der Waals surface area contributed by atoms with E-state index in [9.17, 15) is 14.4 Å². The van der Waals surface area contributed by atoms with Crippen molar-refractivity contribution in [3.8, 4) is 11.3 Å². The Morgan fingerprint density at radius 3 is 2.67 bits per heavy atom. The molecule has 5 rings (SSSR count). The summed E-state index contributed by atoms with van der Waals surface area (Å²) in [6.45, 7) is 1.48. The molecule has 1 aliphatic heterocycles. The first-order valence-electron chi connectivity index (χ1n) is 9.30. The first kappa shape index (κ1) is 17.9. The van der Waals surface area contributed by atoms with Gasteiger partial charge in [-0.05, 0) is 28.9 Å². The van der Waals surface area contributed by atoms with Crippen molar-refractivity contribution in [2.45, 2.75) is 5.92 Å². The van der Waals surface area contributed by atoms with E-state index in [1.807, 2.05) is 35.0 Å². The third kappa shape index (κ3) is 2.94. The number of carboxylic acids is 1. The van der Waals surface area contributed by atoms with Crippen LogP contribution in [-0.2, 0) is 0 Å². The molecule has 0 unspecified atom stereocenters. The number of fused-ring (bicyclic) bond motifs is 1. The monoisotopic (exact) mass is 405 g/mol. The highest BCUT2D eigenvalue weighted by molar-refractivity contribution is 5.87. The Balaban J connectivity index is 1.46. The predicted molar refractivity (Wildman–Crippen MR) is 106 cm³/mol. The Hall–Kier alpha value is -4.21. The summed E-state index contributed by atoms with van der Waals surface area (Å²) in [6.07, 6.45) is 5.00. The first-order valence-corrected chi connectivity index (χ1v) is 9.30. The van der Waals surface area contributed by atoms with E-state index in [0.29, 0.717) is 5.69 Å². The van der Waals surface area contributed by atoms with Gasteiger partial charge in [-0.15, -0.1) is 4.52 Å². The molecule has 0 saturated carbocycles. The number of H-pyrrole nitrogens is 2. The molecule has 0 amide bonds. The van der Waals surface area contributed by atoms with Gasteiger partial charge in [0, 0.05) is 12.1 Å². The number of anilines is 1. The lowest BCUT2D eigenvalue weighted by Gasteiger charge is -2.36. The van der Waals surface area contributed by atoms with Crippen molar-refractivity contribution >= 4 is 11.8 Å². The smallest absolute Gasteiger partial charge is 0.335 e. The summed E-state index contributed by atoms with van der Waals surface area (Å²) in [7, 11) is 0. The molecule has 1 aliphatic rings. The van der Waals surface area contributed by atoms with Crippen molar-refractivity contribution in [2.75, 3.05) is 18.0 Å². The Morgan fingerprint density at radius 2 is 1.97 bits per heavy atom. The van der Waals surface area contributed by atoms with Crippen LogP contribution in [0, 0.1) is 0 Å². The highest BCUT2D eigenvalue weighted by Crippen LogP contribution is 2.31. The van der Waals surface area contributed by atoms with Gasteiger partial charge in [0.2, 0.25) is 5.82 Å². The summed E-state index contributed by atoms with van der Waals surface area (Å²) in [6, 6.07) is 10.6. The van der Waals surface area contributed by atoms with Gasteiger partial charge >= 0.3 is 11.7 Å². The lowest BCUT2D eigenvalue weighted by Crippen LogP contribution is -2.50. The van der Waals surface area contributed by atoms with Crippen molar-refractivity contribution in [1.82, 2.24) is 19.7 Å². The van der Waals surface area contributed by atoms with Crippen molar-refractivity contribution in [3.05, 3.63) is 87.0 Å². The molecule has 3 N–H and O–H groups in total. The number of hydrogen-bond acceptors (Lipinski definition) is 5. The average molecular weight is 405 g/mol. The molecule has 0 atom stereocenters. The molecule has 3 aromatic heterocycles. The number of rotatable bonds is 4. The van der Waals surface area contributed by atoms with E-state index in [1.165, 1.54) is 6.20 Å². The minimum atomic E-state index is -0.939. The van der Waals surface area contributed by atoms with Gasteiger partial charge in [0.1, 0.15) is 5.56 Å². The molecule has 0 aliphatic carbocycles. The highest BCUT2D eigenvalue weighted by Gasteiger charge is 2.35. The number of benzene rings is 1. The van der Waals surface area contributed by atoms with Crippen molar-refractivity contribution in [1.29, 1.82) is 0 Å². The highest BCUT2D eigenvalue weighted by atomic mass is 16.4. The molecular formula is C20H17N6O4+. The molecule has 4 aromatic rings. The second-order valence-corrected chi connectivity index (χ2v) is 7.16. The minimum absolute atomic E-state index is 0.269. The molecule has 1 saturated heterocycles.